The molecule has 1 aliphatic rings. The quantitative estimate of drug-likeness (QED) is 0.930. The minimum absolute atomic E-state index is 0.0291. The second kappa shape index (κ2) is 6.19. The second-order valence-corrected chi connectivity index (χ2v) is 6.74. The lowest BCUT2D eigenvalue weighted by molar-refractivity contribution is -0.118. The van der Waals surface area contributed by atoms with Gasteiger partial charge in [-0.1, -0.05) is 13.8 Å². The molecule has 0 atom stereocenters. The molecular formula is C19H25N3O. The van der Waals surface area contributed by atoms with Crippen molar-refractivity contribution in [1.82, 2.24) is 4.98 Å². The average molecular weight is 311 g/mol. The fourth-order valence-electron chi connectivity index (χ4n) is 3.17. The number of anilines is 2. The van der Waals surface area contributed by atoms with Gasteiger partial charge in [-0.3, -0.25) is 9.78 Å². The molecule has 4 heteroatoms. The van der Waals surface area contributed by atoms with Crippen molar-refractivity contribution in [2.24, 2.45) is 5.92 Å². The molecule has 0 bridgehead atoms. The first-order valence-electron chi connectivity index (χ1n) is 8.44. The Labute approximate surface area is 137 Å². The first-order valence-corrected chi connectivity index (χ1v) is 8.44. The Morgan fingerprint density at radius 3 is 2.57 bits per heavy atom. The molecule has 0 spiro atoms. The summed E-state index contributed by atoms with van der Waals surface area (Å²) in [7, 11) is 0. The van der Waals surface area contributed by atoms with E-state index in [1.165, 1.54) is 29.5 Å². The number of nitrogens with one attached hydrogen (secondary N) is 1. The molecule has 3 rings (SSSR count). The number of hydrogen-bond acceptors (Lipinski definition) is 3. The smallest absolute Gasteiger partial charge is 0.226 e. The second-order valence-electron chi connectivity index (χ2n) is 6.74. The Morgan fingerprint density at radius 2 is 1.91 bits per heavy atom. The van der Waals surface area contributed by atoms with E-state index in [4.69, 9.17) is 4.98 Å². The molecule has 1 aromatic carbocycles. The molecule has 0 saturated carbocycles. The highest BCUT2D eigenvalue weighted by molar-refractivity contribution is 5.98. The highest BCUT2D eigenvalue weighted by atomic mass is 16.1. The molecule has 122 valence electrons. The van der Waals surface area contributed by atoms with Crippen LogP contribution in [0.5, 0.6) is 0 Å². The lowest BCUT2D eigenvalue weighted by Crippen LogP contribution is -2.20. The maximum Gasteiger partial charge on any atom is 0.226 e. The Hall–Kier alpha value is -2.10. The number of pyridine rings is 1. The molecule has 0 radical (unpaired) electrons. The summed E-state index contributed by atoms with van der Waals surface area (Å²) in [4.78, 5) is 19.1. The van der Waals surface area contributed by atoms with Gasteiger partial charge in [0.15, 0.2) is 0 Å². The van der Waals surface area contributed by atoms with E-state index in [1.54, 1.807) is 0 Å². The van der Waals surface area contributed by atoms with E-state index in [2.05, 4.69) is 30.1 Å². The number of carbonyl (C=O) groups is 1. The molecule has 0 unspecified atom stereocenters. The molecule has 0 aliphatic carbocycles. The van der Waals surface area contributed by atoms with Crippen LogP contribution in [-0.2, 0) is 4.79 Å². The first-order chi connectivity index (χ1) is 11.0. The van der Waals surface area contributed by atoms with Gasteiger partial charge in [-0.25, -0.2) is 0 Å². The van der Waals surface area contributed by atoms with Crippen molar-refractivity contribution in [3.8, 4) is 0 Å². The van der Waals surface area contributed by atoms with Gasteiger partial charge in [0.1, 0.15) is 0 Å². The highest BCUT2D eigenvalue weighted by Gasteiger charge is 2.19. The topological polar surface area (TPSA) is 45.2 Å². The predicted octanol–water partition coefficient (Wildman–Crippen LogP) is 4.05. The summed E-state index contributed by atoms with van der Waals surface area (Å²) in [6.45, 7) is 10.2. The molecule has 1 aliphatic heterocycles. The van der Waals surface area contributed by atoms with E-state index in [0.29, 0.717) is 0 Å². The van der Waals surface area contributed by atoms with E-state index in [-0.39, 0.29) is 11.8 Å². The Kier molecular flexibility index (Phi) is 4.24. The zero-order chi connectivity index (χ0) is 16.6. The fourth-order valence-corrected chi connectivity index (χ4v) is 3.17. The number of benzene rings is 1. The van der Waals surface area contributed by atoms with Crippen LogP contribution in [0.3, 0.4) is 0 Å². The number of aromatic nitrogens is 1. The summed E-state index contributed by atoms with van der Waals surface area (Å²) in [6, 6.07) is 6.07. The van der Waals surface area contributed by atoms with Crippen molar-refractivity contribution in [3.05, 3.63) is 29.5 Å². The fraction of sp³-hybridized carbons (Fsp3) is 0.474. The largest absolute Gasteiger partial charge is 0.371 e. The van der Waals surface area contributed by atoms with Crippen molar-refractivity contribution in [3.63, 3.8) is 0 Å². The molecule has 1 N–H and O–H groups in total. The van der Waals surface area contributed by atoms with Gasteiger partial charge in [0.05, 0.1) is 11.2 Å². The van der Waals surface area contributed by atoms with Gasteiger partial charge >= 0.3 is 0 Å². The number of rotatable bonds is 3. The SMILES string of the molecule is Cc1nc2cc(NC(=O)C(C)C)ccc2c(N2CCCC2)c1C. The van der Waals surface area contributed by atoms with Gasteiger partial charge < -0.3 is 10.2 Å². The van der Waals surface area contributed by atoms with E-state index >= 15 is 0 Å². The van der Waals surface area contributed by atoms with Crippen LogP contribution in [0.1, 0.15) is 37.9 Å². The normalized spacial score (nSPS) is 14.7. The van der Waals surface area contributed by atoms with Gasteiger partial charge in [-0.15, -0.1) is 0 Å². The van der Waals surface area contributed by atoms with Crippen LogP contribution in [-0.4, -0.2) is 24.0 Å². The molecular weight excluding hydrogens is 286 g/mol. The van der Waals surface area contributed by atoms with E-state index in [9.17, 15) is 4.79 Å². The van der Waals surface area contributed by atoms with E-state index < -0.39 is 0 Å². The van der Waals surface area contributed by atoms with Crippen LogP contribution in [0.25, 0.3) is 10.9 Å². The monoisotopic (exact) mass is 311 g/mol. The third kappa shape index (κ3) is 3.03. The van der Waals surface area contributed by atoms with Crippen LogP contribution in [0.4, 0.5) is 11.4 Å². The predicted molar refractivity (Wildman–Crippen MR) is 96.1 cm³/mol. The van der Waals surface area contributed by atoms with Crippen molar-refractivity contribution in [2.45, 2.75) is 40.5 Å². The van der Waals surface area contributed by atoms with Crippen LogP contribution in [0, 0.1) is 19.8 Å². The zero-order valence-electron chi connectivity index (χ0n) is 14.4. The number of amides is 1. The molecule has 2 heterocycles. The molecule has 4 nitrogen and oxygen atoms in total. The lowest BCUT2D eigenvalue weighted by atomic mass is 10.1. The van der Waals surface area contributed by atoms with Gasteiger partial charge in [-0.05, 0) is 50.5 Å². The van der Waals surface area contributed by atoms with Gasteiger partial charge in [-0.2, -0.15) is 0 Å². The number of nitrogens with zero attached hydrogens (tertiary/aromatic N) is 2. The summed E-state index contributed by atoms with van der Waals surface area (Å²) >= 11 is 0. The van der Waals surface area contributed by atoms with Crippen LogP contribution < -0.4 is 10.2 Å². The average Bonchev–Trinajstić information content (AvgIpc) is 3.02. The van der Waals surface area contributed by atoms with Gasteiger partial charge in [0.25, 0.3) is 0 Å². The molecule has 1 amide bonds. The van der Waals surface area contributed by atoms with Crippen molar-refractivity contribution in [2.75, 3.05) is 23.3 Å². The molecule has 23 heavy (non-hydrogen) atoms. The maximum atomic E-state index is 11.9. The van der Waals surface area contributed by atoms with Gasteiger partial charge in [0, 0.05) is 35.8 Å². The number of carbonyl (C=O) groups excluding carboxylic acids is 1. The Bertz CT molecular complexity index is 746. The van der Waals surface area contributed by atoms with Crippen molar-refractivity contribution in [1.29, 1.82) is 0 Å². The summed E-state index contributed by atoms with van der Waals surface area (Å²) in [6.07, 6.45) is 2.51. The van der Waals surface area contributed by atoms with Crippen LogP contribution in [0.2, 0.25) is 0 Å². The van der Waals surface area contributed by atoms with Crippen molar-refractivity contribution < 1.29 is 4.79 Å². The standard InChI is InChI=1S/C19H25N3O/c1-12(2)19(23)21-15-7-8-16-17(11-15)20-14(4)13(3)18(16)22-9-5-6-10-22/h7-8,11-12H,5-6,9-10H2,1-4H3,(H,21,23). The Balaban J connectivity index is 2.06. The molecule has 2 aromatic rings. The van der Waals surface area contributed by atoms with Crippen LogP contribution in [0.15, 0.2) is 18.2 Å². The summed E-state index contributed by atoms with van der Waals surface area (Å²) in [5.41, 5.74) is 5.41. The number of aryl methyl sites for hydroxylation is 1. The van der Waals surface area contributed by atoms with E-state index in [1.807, 2.05) is 26.0 Å². The maximum absolute atomic E-state index is 11.9. The molecule has 1 saturated heterocycles. The van der Waals surface area contributed by atoms with E-state index in [0.717, 1.165) is 30.0 Å². The Morgan fingerprint density at radius 1 is 1.22 bits per heavy atom. The third-order valence-corrected chi connectivity index (χ3v) is 4.65. The number of fused-ring (bicyclic) bond motifs is 1. The first kappa shape index (κ1) is 15.8. The van der Waals surface area contributed by atoms with Crippen molar-refractivity contribution >= 4 is 28.2 Å². The minimum Gasteiger partial charge on any atom is -0.371 e. The molecule has 1 aromatic heterocycles. The molecule has 1 fully saturated rings. The minimum atomic E-state index is -0.0291. The summed E-state index contributed by atoms with van der Waals surface area (Å²) < 4.78 is 0. The number of hydrogen-bond donors (Lipinski definition) is 1. The van der Waals surface area contributed by atoms with Gasteiger partial charge in [0.2, 0.25) is 5.91 Å². The highest BCUT2D eigenvalue weighted by Crippen LogP contribution is 2.34. The zero-order valence-corrected chi connectivity index (χ0v) is 14.4. The third-order valence-electron chi connectivity index (χ3n) is 4.65. The van der Waals surface area contributed by atoms with Crippen LogP contribution >= 0.6 is 0 Å². The summed E-state index contributed by atoms with van der Waals surface area (Å²) in [5, 5.41) is 4.14. The lowest BCUT2D eigenvalue weighted by Gasteiger charge is -2.23. The summed E-state index contributed by atoms with van der Waals surface area (Å²) in [5.74, 6) is 0.00604.